The van der Waals surface area contributed by atoms with Crippen molar-refractivity contribution in [3.05, 3.63) is 22.3 Å². The number of halogens is 1. The minimum atomic E-state index is -0.875. The smallest absolute Gasteiger partial charge is 0.213 e. The molecule has 0 aliphatic carbocycles. The fraction of sp³-hybridized carbons (Fsp3) is 0.400. The fourth-order valence-electron chi connectivity index (χ4n) is 0.857. The van der Waals surface area contributed by atoms with E-state index in [0.717, 1.165) is 22.0 Å². The van der Waals surface area contributed by atoms with Crippen LogP contribution in [0.4, 0.5) is 0 Å². The molecular weight excluding hydrogens is 292 g/mol. The van der Waals surface area contributed by atoms with Crippen LogP contribution in [0.3, 0.4) is 0 Å². The van der Waals surface area contributed by atoms with Gasteiger partial charge in [-0.3, -0.25) is 0 Å². The van der Waals surface area contributed by atoms with Gasteiger partial charge in [0, 0.05) is 40.5 Å². The van der Waals surface area contributed by atoms with Crippen LogP contribution in [0.15, 0.2) is 21.1 Å². The van der Waals surface area contributed by atoms with Crippen molar-refractivity contribution in [3.63, 3.8) is 0 Å². The lowest BCUT2D eigenvalue weighted by molar-refractivity contribution is 0.179. The van der Waals surface area contributed by atoms with Gasteiger partial charge >= 0.3 is 0 Å². The van der Waals surface area contributed by atoms with Gasteiger partial charge in [0.05, 0.1) is 7.11 Å². The van der Waals surface area contributed by atoms with Crippen LogP contribution in [0.2, 0.25) is 0 Å². The van der Waals surface area contributed by atoms with Crippen molar-refractivity contribution in [1.29, 1.82) is 0 Å². The van der Waals surface area contributed by atoms with Crippen LogP contribution in [-0.4, -0.2) is 28.3 Å². The zero-order valence-corrected chi connectivity index (χ0v) is 11.7. The molecule has 6 heteroatoms. The standard InChI is InChI=1S/C10H13BrN2O2S/c1-10(2,14)16-13-5-7-4-9(15-3)12-6-8(7)11/h4-6,14H,1-3H3. The Morgan fingerprint density at radius 3 is 2.88 bits per heavy atom. The Labute approximate surface area is 107 Å². The molecule has 1 rings (SSSR count). The third-order valence-corrected chi connectivity index (χ3v) is 2.86. The molecule has 0 aromatic carbocycles. The van der Waals surface area contributed by atoms with Crippen molar-refractivity contribution in [2.75, 3.05) is 7.11 Å². The highest BCUT2D eigenvalue weighted by Crippen LogP contribution is 2.23. The Balaban J connectivity index is 2.80. The van der Waals surface area contributed by atoms with Crippen molar-refractivity contribution >= 4 is 34.1 Å². The first kappa shape index (κ1) is 13.5. The van der Waals surface area contributed by atoms with Crippen molar-refractivity contribution < 1.29 is 9.84 Å². The average molecular weight is 305 g/mol. The summed E-state index contributed by atoms with van der Waals surface area (Å²) in [7, 11) is 1.56. The molecule has 0 atom stereocenters. The van der Waals surface area contributed by atoms with Gasteiger partial charge < -0.3 is 9.84 Å². The summed E-state index contributed by atoms with van der Waals surface area (Å²) in [4.78, 5) is 3.15. The molecule has 0 fully saturated rings. The second kappa shape index (κ2) is 5.65. The molecule has 0 spiro atoms. The number of rotatable bonds is 4. The van der Waals surface area contributed by atoms with Gasteiger partial charge in [-0.25, -0.2) is 9.38 Å². The molecule has 1 N–H and O–H groups in total. The van der Waals surface area contributed by atoms with E-state index in [1.807, 2.05) is 0 Å². The highest BCUT2D eigenvalue weighted by Gasteiger charge is 2.11. The molecule has 88 valence electrons. The van der Waals surface area contributed by atoms with Crippen molar-refractivity contribution in [2.45, 2.75) is 18.8 Å². The maximum absolute atomic E-state index is 9.47. The Kier molecular flexibility index (Phi) is 4.76. The molecule has 0 unspecified atom stereocenters. The topological polar surface area (TPSA) is 54.7 Å². The molecule has 0 aliphatic heterocycles. The number of ether oxygens (including phenoxy) is 1. The Hall–Kier alpha value is -0.590. The molecular formula is C10H13BrN2O2S. The lowest BCUT2D eigenvalue weighted by atomic mass is 10.3. The van der Waals surface area contributed by atoms with Crippen LogP contribution >= 0.6 is 27.9 Å². The van der Waals surface area contributed by atoms with Crippen LogP contribution in [-0.2, 0) is 0 Å². The van der Waals surface area contributed by atoms with Gasteiger partial charge in [-0.15, -0.1) is 0 Å². The van der Waals surface area contributed by atoms with E-state index in [2.05, 4.69) is 25.3 Å². The van der Waals surface area contributed by atoms with E-state index in [-0.39, 0.29) is 0 Å². The summed E-state index contributed by atoms with van der Waals surface area (Å²) in [6, 6.07) is 1.76. The third-order valence-electron chi connectivity index (χ3n) is 1.54. The predicted molar refractivity (Wildman–Crippen MR) is 70.0 cm³/mol. The van der Waals surface area contributed by atoms with Gasteiger partial charge in [-0.1, -0.05) is 0 Å². The molecule has 1 heterocycles. The summed E-state index contributed by atoms with van der Waals surface area (Å²) in [5.41, 5.74) is 0.851. The number of hydrogen-bond donors (Lipinski definition) is 1. The Morgan fingerprint density at radius 2 is 2.31 bits per heavy atom. The first-order valence-electron chi connectivity index (χ1n) is 4.56. The van der Waals surface area contributed by atoms with E-state index in [9.17, 15) is 5.11 Å². The number of pyridine rings is 1. The van der Waals surface area contributed by atoms with Gasteiger partial charge in [0.2, 0.25) is 5.88 Å². The maximum atomic E-state index is 9.47. The molecule has 4 nitrogen and oxygen atoms in total. The maximum Gasteiger partial charge on any atom is 0.213 e. The second-order valence-electron chi connectivity index (χ2n) is 3.52. The van der Waals surface area contributed by atoms with E-state index in [4.69, 9.17) is 4.74 Å². The minimum Gasteiger partial charge on any atom is -0.481 e. The zero-order valence-electron chi connectivity index (χ0n) is 9.27. The zero-order chi connectivity index (χ0) is 12.2. The van der Waals surface area contributed by atoms with Gasteiger partial charge in [0.15, 0.2) is 0 Å². The van der Waals surface area contributed by atoms with Crippen LogP contribution in [0, 0.1) is 0 Å². The van der Waals surface area contributed by atoms with Crippen LogP contribution in [0.1, 0.15) is 19.4 Å². The molecule has 0 bridgehead atoms. The predicted octanol–water partition coefficient (Wildman–Crippen LogP) is 2.65. The number of hydrogen-bond acceptors (Lipinski definition) is 5. The minimum absolute atomic E-state index is 0.526. The molecule has 1 aromatic heterocycles. The molecule has 0 aliphatic rings. The summed E-state index contributed by atoms with van der Waals surface area (Å²) in [6.07, 6.45) is 3.30. The third kappa shape index (κ3) is 4.51. The van der Waals surface area contributed by atoms with Crippen molar-refractivity contribution in [3.8, 4) is 5.88 Å². The van der Waals surface area contributed by atoms with Crippen LogP contribution in [0.25, 0.3) is 0 Å². The summed E-state index contributed by atoms with van der Waals surface area (Å²) in [5.74, 6) is 0.526. The Bertz CT molecular complexity index is 391. The number of aromatic nitrogens is 1. The molecule has 0 radical (unpaired) electrons. The SMILES string of the molecule is COc1cc(C=NSC(C)(C)O)c(Br)cn1. The van der Waals surface area contributed by atoms with Gasteiger partial charge in [0.25, 0.3) is 0 Å². The monoisotopic (exact) mass is 304 g/mol. The van der Waals surface area contributed by atoms with Crippen molar-refractivity contribution in [1.82, 2.24) is 4.98 Å². The summed E-state index contributed by atoms with van der Waals surface area (Å²) in [6.45, 7) is 3.36. The van der Waals surface area contributed by atoms with E-state index in [1.54, 1.807) is 39.4 Å². The normalized spacial score (nSPS) is 12.1. The average Bonchev–Trinajstić information content (AvgIpc) is 2.19. The lowest BCUT2D eigenvalue weighted by Gasteiger charge is -2.11. The molecule has 16 heavy (non-hydrogen) atoms. The Morgan fingerprint density at radius 1 is 1.62 bits per heavy atom. The van der Waals surface area contributed by atoms with Crippen LogP contribution in [0.5, 0.6) is 5.88 Å². The van der Waals surface area contributed by atoms with Crippen molar-refractivity contribution in [2.24, 2.45) is 4.40 Å². The largest absolute Gasteiger partial charge is 0.481 e. The first-order valence-corrected chi connectivity index (χ1v) is 6.12. The van der Waals surface area contributed by atoms with Gasteiger partial charge in [0.1, 0.15) is 4.93 Å². The van der Waals surface area contributed by atoms with E-state index in [1.165, 1.54) is 0 Å². The summed E-state index contributed by atoms with van der Waals surface area (Å²) in [5, 5.41) is 9.47. The molecule has 0 amide bonds. The van der Waals surface area contributed by atoms with Gasteiger partial charge in [-0.05, 0) is 29.8 Å². The lowest BCUT2D eigenvalue weighted by Crippen LogP contribution is -2.10. The number of aliphatic hydroxyl groups is 1. The highest BCUT2D eigenvalue weighted by atomic mass is 79.9. The number of methoxy groups -OCH3 is 1. The molecule has 0 saturated carbocycles. The van der Waals surface area contributed by atoms with E-state index >= 15 is 0 Å². The highest BCUT2D eigenvalue weighted by molar-refractivity contribution is 9.10. The number of nitrogens with zero attached hydrogens (tertiary/aromatic N) is 2. The molecule has 1 aromatic rings. The molecule has 0 saturated heterocycles. The van der Waals surface area contributed by atoms with Gasteiger partial charge in [-0.2, -0.15) is 0 Å². The van der Waals surface area contributed by atoms with E-state index < -0.39 is 4.93 Å². The fourth-order valence-corrected chi connectivity index (χ4v) is 1.60. The van der Waals surface area contributed by atoms with E-state index in [0.29, 0.717) is 5.88 Å². The summed E-state index contributed by atoms with van der Waals surface area (Å²) < 4.78 is 9.91. The van der Waals surface area contributed by atoms with Crippen LogP contribution < -0.4 is 4.74 Å². The second-order valence-corrected chi connectivity index (χ2v) is 5.77. The quantitative estimate of drug-likeness (QED) is 0.528. The summed E-state index contributed by atoms with van der Waals surface area (Å²) >= 11 is 4.45. The first-order chi connectivity index (χ1) is 7.42.